The molecule has 0 aliphatic rings. The Bertz CT molecular complexity index is 829. The molecule has 112 valence electrons. The molecule has 0 aliphatic carbocycles. The summed E-state index contributed by atoms with van der Waals surface area (Å²) in [6, 6.07) is 10.9. The molecule has 0 bridgehead atoms. The number of nitrogens with zero attached hydrogens (tertiary/aromatic N) is 2. The van der Waals surface area contributed by atoms with Crippen molar-refractivity contribution < 1.29 is 9.53 Å². The van der Waals surface area contributed by atoms with Gasteiger partial charge < -0.3 is 10.1 Å². The first-order chi connectivity index (χ1) is 10.7. The first-order valence-electron chi connectivity index (χ1n) is 6.71. The number of aromatic nitrogens is 2. The Balaban J connectivity index is 1.76. The van der Waals surface area contributed by atoms with Gasteiger partial charge in [0.15, 0.2) is 0 Å². The molecule has 0 saturated carbocycles. The second-order valence-corrected chi connectivity index (χ2v) is 5.23. The minimum absolute atomic E-state index is 0.125. The number of pyridine rings is 1. The van der Waals surface area contributed by atoms with Crippen molar-refractivity contribution in [2.45, 2.75) is 6.42 Å². The lowest BCUT2D eigenvalue weighted by atomic mass is 10.1. The molecule has 0 saturated heterocycles. The molecule has 6 heteroatoms. The Labute approximate surface area is 132 Å². The highest BCUT2D eigenvalue weighted by atomic mass is 35.5. The first-order valence-corrected chi connectivity index (χ1v) is 7.09. The van der Waals surface area contributed by atoms with Crippen molar-refractivity contribution in [1.82, 2.24) is 9.38 Å². The number of benzene rings is 1. The summed E-state index contributed by atoms with van der Waals surface area (Å²) in [7, 11) is 1.60. The largest absolute Gasteiger partial charge is 0.497 e. The molecule has 0 spiro atoms. The maximum Gasteiger partial charge on any atom is 0.229 e. The summed E-state index contributed by atoms with van der Waals surface area (Å²) in [6.07, 6.45) is 3.67. The molecule has 0 unspecified atom stereocenters. The van der Waals surface area contributed by atoms with E-state index in [2.05, 4.69) is 10.3 Å². The zero-order chi connectivity index (χ0) is 15.5. The van der Waals surface area contributed by atoms with Gasteiger partial charge in [0.1, 0.15) is 17.2 Å². The molecular weight excluding hydrogens is 302 g/mol. The molecule has 1 aromatic carbocycles. The molecule has 0 aliphatic heterocycles. The van der Waals surface area contributed by atoms with Crippen molar-refractivity contribution >= 4 is 29.0 Å². The highest BCUT2D eigenvalue weighted by Crippen LogP contribution is 2.18. The van der Waals surface area contributed by atoms with Gasteiger partial charge in [0.05, 0.1) is 19.7 Å². The van der Waals surface area contributed by atoms with Gasteiger partial charge in [0, 0.05) is 17.3 Å². The summed E-state index contributed by atoms with van der Waals surface area (Å²) in [4.78, 5) is 16.4. The molecule has 0 fully saturated rings. The topological polar surface area (TPSA) is 55.6 Å². The predicted octanol–water partition coefficient (Wildman–Crippen LogP) is 3.18. The summed E-state index contributed by atoms with van der Waals surface area (Å²) in [5.41, 5.74) is 1.57. The van der Waals surface area contributed by atoms with E-state index >= 15 is 0 Å². The number of nitrogens with one attached hydrogen (secondary N) is 1. The van der Waals surface area contributed by atoms with Crippen molar-refractivity contribution in [1.29, 1.82) is 0 Å². The third-order valence-electron chi connectivity index (χ3n) is 3.24. The summed E-state index contributed by atoms with van der Waals surface area (Å²) < 4.78 is 6.94. The van der Waals surface area contributed by atoms with Crippen LogP contribution in [0.15, 0.2) is 48.8 Å². The highest BCUT2D eigenvalue weighted by molar-refractivity contribution is 6.30. The molecule has 3 aromatic rings. The van der Waals surface area contributed by atoms with E-state index in [-0.39, 0.29) is 12.3 Å². The average Bonchev–Trinajstić information content (AvgIpc) is 2.89. The van der Waals surface area contributed by atoms with Crippen LogP contribution < -0.4 is 10.1 Å². The molecule has 5 nitrogen and oxygen atoms in total. The van der Waals surface area contributed by atoms with E-state index in [9.17, 15) is 4.79 Å². The summed E-state index contributed by atoms with van der Waals surface area (Å²) in [5.74, 6) is 1.21. The SMILES string of the molecule is COc1ccn2c(NC(=O)Cc3cccc(Cl)c3)cnc2c1. The van der Waals surface area contributed by atoms with Crippen LogP contribution in [-0.4, -0.2) is 22.4 Å². The van der Waals surface area contributed by atoms with Gasteiger partial charge in [-0.1, -0.05) is 23.7 Å². The van der Waals surface area contributed by atoms with Crippen LogP contribution in [-0.2, 0) is 11.2 Å². The van der Waals surface area contributed by atoms with Gasteiger partial charge in [0.2, 0.25) is 5.91 Å². The standard InChI is InChI=1S/C16H14ClN3O2/c1-22-13-5-6-20-14(9-13)18-10-15(20)19-16(21)8-11-3-2-4-12(17)7-11/h2-7,9-10H,8H2,1H3,(H,19,21). The molecule has 2 aromatic heterocycles. The summed E-state index contributed by atoms with van der Waals surface area (Å²) >= 11 is 5.92. The predicted molar refractivity (Wildman–Crippen MR) is 85.5 cm³/mol. The fraction of sp³-hybridized carbons (Fsp3) is 0.125. The van der Waals surface area contributed by atoms with Gasteiger partial charge in [-0.2, -0.15) is 0 Å². The van der Waals surface area contributed by atoms with Gasteiger partial charge in [-0.15, -0.1) is 0 Å². The third-order valence-corrected chi connectivity index (χ3v) is 3.48. The van der Waals surface area contributed by atoms with Crippen LogP contribution in [0.25, 0.3) is 5.65 Å². The van der Waals surface area contributed by atoms with Crippen LogP contribution >= 0.6 is 11.6 Å². The molecule has 1 N–H and O–H groups in total. The Morgan fingerprint density at radius 3 is 3.00 bits per heavy atom. The van der Waals surface area contributed by atoms with E-state index in [4.69, 9.17) is 16.3 Å². The van der Waals surface area contributed by atoms with Crippen LogP contribution in [0.2, 0.25) is 5.02 Å². The number of amides is 1. The second kappa shape index (κ2) is 6.07. The molecular formula is C16H14ClN3O2. The van der Waals surface area contributed by atoms with Crippen LogP contribution in [0.1, 0.15) is 5.56 Å². The Kier molecular flexibility index (Phi) is 3.98. The van der Waals surface area contributed by atoms with Gasteiger partial charge in [-0.05, 0) is 23.8 Å². The Morgan fingerprint density at radius 1 is 1.36 bits per heavy atom. The smallest absolute Gasteiger partial charge is 0.229 e. The Morgan fingerprint density at radius 2 is 2.23 bits per heavy atom. The lowest BCUT2D eigenvalue weighted by Gasteiger charge is -2.06. The van der Waals surface area contributed by atoms with Crippen LogP contribution in [0, 0.1) is 0 Å². The maximum atomic E-state index is 12.1. The number of ether oxygens (including phenoxy) is 1. The number of carbonyl (C=O) groups is 1. The van der Waals surface area contributed by atoms with Gasteiger partial charge in [-0.25, -0.2) is 4.98 Å². The number of halogens is 1. The summed E-state index contributed by atoms with van der Waals surface area (Å²) in [6.45, 7) is 0. The Hall–Kier alpha value is -2.53. The molecule has 22 heavy (non-hydrogen) atoms. The van der Waals surface area contributed by atoms with Crippen LogP contribution in [0.3, 0.4) is 0 Å². The normalized spacial score (nSPS) is 10.6. The second-order valence-electron chi connectivity index (χ2n) is 4.79. The highest BCUT2D eigenvalue weighted by Gasteiger charge is 2.09. The first kappa shape index (κ1) is 14.4. The number of fused-ring (bicyclic) bond motifs is 1. The lowest BCUT2D eigenvalue weighted by Crippen LogP contribution is -2.15. The molecule has 3 rings (SSSR count). The van der Waals surface area contributed by atoms with Gasteiger partial charge in [-0.3, -0.25) is 9.20 Å². The van der Waals surface area contributed by atoms with Crippen molar-refractivity contribution in [2.24, 2.45) is 0 Å². The number of rotatable bonds is 4. The van der Waals surface area contributed by atoms with Crippen molar-refractivity contribution in [3.05, 3.63) is 59.4 Å². The van der Waals surface area contributed by atoms with Crippen molar-refractivity contribution in [3.63, 3.8) is 0 Å². The van der Waals surface area contributed by atoms with E-state index in [1.54, 1.807) is 48.2 Å². The maximum absolute atomic E-state index is 12.1. The number of methoxy groups -OCH3 is 1. The molecule has 1 amide bonds. The number of hydrogen-bond donors (Lipinski definition) is 1. The van der Waals surface area contributed by atoms with E-state index < -0.39 is 0 Å². The summed E-state index contributed by atoms with van der Waals surface area (Å²) in [5, 5.41) is 3.47. The van der Waals surface area contributed by atoms with E-state index in [0.29, 0.717) is 16.5 Å². The number of imidazole rings is 1. The zero-order valence-electron chi connectivity index (χ0n) is 11.9. The lowest BCUT2D eigenvalue weighted by molar-refractivity contribution is -0.115. The number of anilines is 1. The zero-order valence-corrected chi connectivity index (χ0v) is 12.7. The van der Waals surface area contributed by atoms with Crippen molar-refractivity contribution in [3.8, 4) is 5.75 Å². The van der Waals surface area contributed by atoms with Crippen LogP contribution in [0.5, 0.6) is 5.75 Å². The fourth-order valence-corrected chi connectivity index (χ4v) is 2.41. The van der Waals surface area contributed by atoms with E-state index in [0.717, 1.165) is 11.3 Å². The number of carbonyl (C=O) groups excluding carboxylic acids is 1. The molecule has 0 atom stereocenters. The van der Waals surface area contributed by atoms with Crippen LogP contribution in [0.4, 0.5) is 5.82 Å². The fourth-order valence-electron chi connectivity index (χ4n) is 2.20. The van der Waals surface area contributed by atoms with E-state index in [1.807, 2.05) is 12.1 Å². The monoisotopic (exact) mass is 315 g/mol. The quantitative estimate of drug-likeness (QED) is 0.804. The van der Waals surface area contributed by atoms with Crippen molar-refractivity contribution in [2.75, 3.05) is 12.4 Å². The molecule has 0 radical (unpaired) electrons. The third kappa shape index (κ3) is 3.04. The minimum atomic E-state index is -0.125. The molecule has 2 heterocycles. The average molecular weight is 316 g/mol. The van der Waals surface area contributed by atoms with E-state index in [1.165, 1.54) is 0 Å². The van der Waals surface area contributed by atoms with Gasteiger partial charge in [0.25, 0.3) is 0 Å². The number of hydrogen-bond acceptors (Lipinski definition) is 3. The van der Waals surface area contributed by atoms with Gasteiger partial charge >= 0.3 is 0 Å². The minimum Gasteiger partial charge on any atom is -0.497 e.